The predicted molar refractivity (Wildman–Crippen MR) is 141 cm³/mol. The summed E-state index contributed by atoms with van der Waals surface area (Å²) in [5, 5.41) is 8.54. The summed E-state index contributed by atoms with van der Waals surface area (Å²) in [4.78, 5) is 29.9. The van der Waals surface area contributed by atoms with E-state index >= 15 is 0 Å². The first-order chi connectivity index (χ1) is 17.1. The normalized spacial score (nSPS) is 15.9. The Hall–Kier alpha value is -3.84. The second-order valence-electron chi connectivity index (χ2n) is 9.26. The summed E-state index contributed by atoms with van der Waals surface area (Å²) >= 11 is 0. The number of hydrogen-bond acceptors (Lipinski definition) is 4. The van der Waals surface area contributed by atoms with Gasteiger partial charge < -0.3 is 20.9 Å². The van der Waals surface area contributed by atoms with Crippen LogP contribution >= 0.6 is 0 Å². The highest BCUT2D eigenvalue weighted by molar-refractivity contribution is 6.05. The molecule has 1 saturated heterocycles. The van der Waals surface area contributed by atoms with Crippen molar-refractivity contribution in [2.45, 2.75) is 12.8 Å². The molecule has 2 aliphatic rings. The molecule has 0 spiro atoms. The van der Waals surface area contributed by atoms with Gasteiger partial charge in [0.25, 0.3) is 5.91 Å². The molecule has 1 aliphatic carbocycles. The van der Waals surface area contributed by atoms with Crippen molar-refractivity contribution in [2.75, 3.05) is 53.6 Å². The number of nitrogens with zero attached hydrogens (tertiary/aromatic N) is 2. The number of benzene rings is 3. The van der Waals surface area contributed by atoms with Crippen molar-refractivity contribution >= 4 is 34.7 Å². The van der Waals surface area contributed by atoms with Crippen molar-refractivity contribution < 1.29 is 9.59 Å². The highest BCUT2D eigenvalue weighted by Gasteiger charge is 2.26. The molecule has 5 rings (SSSR count). The molecule has 0 bridgehead atoms. The largest absolute Gasteiger partial charge is 0.369 e. The van der Waals surface area contributed by atoms with Crippen molar-refractivity contribution in [2.24, 2.45) is 5.92 Å². The summed E-state index contributed by atoms with van der Waals surface area (Å²) in [6.45, 7) is 5.45. The van der Waals surface area contributed by atoms with Crippen LogP contribution in [0.25, 0.3) is 0 Å². The fourth-order valence-electron chi connectivity index (χ4n) is 4.36. The number of para-hydroxylation sites is 1. The molecule has 2 fully saturated rings. The van der Waals surface area contributed by atoms with Gasteiger partial charge in [-0.15, -0.1) is 0 Å². The van der Waals surface area contributed by atoms with Crippen LogP contribution in [-0.2, 0) is 0 Å². The van der Waals surface area contributed by atoms with E-state index in [1.807, 2.05) is 48.5 Å². The van der Waals surface area contributed by atoms with Gasteiger partial charge in [-0.2, -0.15) is 0 Å². The van der Waals surface area contributed by atoms with E-state index in [1.165, 1.54) is 19.4 Å². The van der Waals surface area contributed by atoms with E-state index in [-0.39, 0.29) is 11.9 Å². The molecule has 0 unspecified atom stereocenters. The van der Waals surface area contributed by atoms with Gasteiger partial charge in [0.05, 0.1) is 0 Å². The van der Waals surface area contributed by atoms with Gasteiger partial charge in [0, 0.05) is 61.0 Å². The van der Waals surface area contributed by atoms with E-state index in [9.17, 15) is 9.59 Å². The van der Waals surface area contributed by atoms with Crippen LogP contribution in [0.1, 0.15) is 23.2 Å². The van der Waals surface area contributed by atoms with E-state index in [0.717, 1.165) is 43.5 Å². The van der Waals surface area contributed by atoms with Gasteiger partial charge in [-0.3, -0.25) is 9.69 Å². The lowest BCUT2D eigenvalue weighted by atomic mass is 10.1. The lowest BCUT2D eigenvalue weighted by molar-refractivity contribution is 0.102. The summed E-state index contributed by atoms with van der Waals surface area (Å²) in [5.41, 5.74) is 3.76. The summed E-state index contributed by atoms with van der Waals surface area (Å²) in [7, 11) is 0. The predicted octanol–water partition coefficient (Wildman–Crippen LogP) is 5.11. The maximum absolute atomic E-state index is 12.8. The molecule has 0 atom stereocenters. The first-order valence-electron chi connectivity index (χ1n) is 12.2. The fourth-order valence-corrected chi connectivity index (χ4v) is 4.36. The van der Waals surface area contributed by atoms with Crippen molar-refractivity contribution in [3.8, 4) is 0 Å². The first kappa shape index (κ1) is 22.9. The highest BCUT2D eigenvalue weighted by atomic mass is 16.2. The topological polar surface area (TPSA) is 76.7 Å². The summed E-state index contributed by atoms with van der Waals surface area (Å²) < 4.78 is 0. The molecule has 7 nitrogen and oxygen atoms in total. The SMILES string of the molecule is O=C(Nc1ccccc1)Nc1ccc(C(=O)Nc2cccc(N3CCN(CC4CC4)CC3)c2)cc1. The molecule has 1 aliphatic heterocycles. The monoisotopic (exact) mass is 469 g/mol. The molecular weight excluding hydrogens is 438 g/mol. The lowest BCUT2D eigenvalue weighted by Crippen LogP contribution is -2.47. The fraction of sp³-hybridized carbons (Fsp3) is 0.286. The summed E-state index contributed by atoms with van der Waals surface area (Å²) in [6.07, 6.45) is 2.79. The van der Waals surface area contributed by atoms with Crippen molar-refractivity contribution in [1.29, 1.82) is 0 Å². The van der Waals surface area contributed by atoms with E-state index in [1.54, 1.807) is 24.3 Å². The Morgan fingerprint density at radius 2 is 1.37 bits per heavy atom. The molecule has 3 amide bonds. The van der Waals surface area contributed by atoms with Crippen LogP contribution in [0.15, 0.2) is 78.9 Å². The zero-order chi connectivity index (χ0) is 24.0. The molecule has 3 aromatic carbocycles. The lowest BCUT2D eigenvalue weighted by Gasteiger charge is -2.36. The van der Waals surface area contributed by atoms with Crippen molar-refractivity contribution in [3.63, 3.8) is 0 Å². The Labute approximate surface area is 206 Å². The Balaban J connectivity index is 1.13. The summed E-state index contributed by atoms with van der Waals surface area (Å²) in [6, 6.07) is 23.8. The average Bonchev–Trinajstić information content (AvgIpc) is 3.70. The van der Waals surface area contributed by atoms with E-state index in [4.69, 9.17) is 0 Å². The number of nitrogens with one attached hydrogen (secondary N) is 3. The molecule has 1 heterocycles. The van der Waals surface area contributed by atoms with Crippen LogP contribution in [0.2, 0.25) is 0 Å². The summed E-state index contributed by atoms with van der Waals surface area (Å²) in [5.74, 6) is 0.744. The molecule has 0 radical (unpaired) electrons. The minimum atomic E-state index is -0.335. The molecule has 0 aromatic heterocycles. The van der Waals surface area contributed by atoms with Gasteiger partial charge in [-0.1, -0.05) is 24.3 Å². The minimum absolute atomic E-state index is 0.184. The number of anilines is 4. The Morgan fingerprint density at radius 1 is 0.714 bits per heavy atom. The number of carbonyl (C=O) groups excluding carboxylic acids is 2. The van der Waals surface area contributed by atoms with Gasteiger partial charge >= 0.3 is 6.03 Å². The van der Waals surface area contributed by atoms with Crippen LogP contribution in [0.5, 0.6) is 0 Å². The van der Waals surface area contributed by atoms with Crippen LogP contribution in [0.4, 0.5) is 27.5 Å². The van der Waals surface area contributed by atoms with E-state index in [2.05, 4.69) is 31.8 Å². The van der Waals surface area contributed by atoms with Crippen molar-refractivity contribution in [3.05, 3.63) is 84.4 Å². The Morgan fingerprint density at radius 3 is 2.06 bits per heavy atom. The molecule has 180 valence electrons. The van der Waals surface area contributed by atoms with Gasteiger partial charge in [0.15, 0.2) is 0 Å². The zero-order valence-corrected chi connectivity index (χ0v) is 19.7. The number of hydrogen-bond donors (Lipinski definition) is 3. The average molecular weight is 470 g/mol. The molecular formula is C28H31N5O2. The molecule has 3 aromatic rings. The second kappa shape index (κ2) is 10.6. The van der Waals surface area contributed by atoms with Gasteiger partial charge in [-0.05, 0) is 73.4 Å². The smallest absolute Gasteiger partial charge is 0.323 e. The van der Waals surface area contributed by atoms with Gasteiger partial charge in [-0.25, -0.2) is 4.79 Å². The van der Waals surface area contributed by atoms with E-state index in [0.29, 0.717) is 16.9 Å². The molecule has 1 saturated carbocycles. The number of carbonyl (C=O) groups is 2. The molecule has 7 heteroatoms. The third kappa shape index (κ3) is 6.39. The van der Waals surface area contributed by atoms with Crippen LogP contribution in [-0.4, -0.2) is 49.6 Å². The van der Waals surface area contributed by atoms with Crippen LogP contribution in [0.3, 0.4) is 0 Å². The zero-order valence-electron chi connectivity index (χ0n) is 19.7. The Kier molecular flexibility index (Phi) is 6.95. The van der Waals surface area contributed by atoms with E-state index < -0.39 is 0 Å². The van der Waals surface area contributed by atoms with Crippen LogP contribution < -0.4 is 20.9 Å². The third-order valence-corrected chi connectivity index (χ3v) is 6.49. The number of amides is 3. The number of rotatable bonds is 7. The third-order valence-electron chi connectivity index (χ3n) is 6.49. The quantitative estimate of drug-likeness (QED) is 0.449. The second-order valence-corrected chi connectivity index (χ2v) is 9.26. The number of urea groups is 1. The molecule has 3 N–H and O–H groups in total. The van der Waals surface area contributed by atoms with Gasteiger partial charge in [0.1, 0.15) is 0 Å². The van der Waals surface area contributed by atoms with Crippen molar-refractivity contribution in [1.82, 2.24) is 4.90 Å². The highest BCUT2D eigenvalue weighted by Crippen LogP contribution is 2.30. The van der Waals surface area contributed by atoms with Gasteiger partial charge in [0.2, 0.25) is 0 Å². The maximum atomic E-state index is 12.8. The number of piperazine rings is 1. The van der Waals surface area contributed by atoms with Crippen LogP contribution in [0, 0.1) is 5.92 Å². The standard InChI is InChI=1S/C28H31N5O2/c34-27(22-11-13-24(14-12-22)31-28(35)30-23-5-2-1-3-6-23)29-25-7-4-8-26(19-25)33-17-15-32(16-18-33)20-21-9-10-21/h1-8,11-14,19,21H,9-10,15-18,20H2,(H,29,34)(H2,30,31,35). The first-order valence-corrected chi connectivity index (χ1v) is 12.2. The molecule has 35 heavy (non-hydrogen) atoms. The Bertz CT molecular complexity index is 1150. The minimum Gasteiger partial charge on any atom is -0.369 e. The maximum Gasteiger partial charge on any atom is 0.323 e.